The van der Waals surface area contributed by atoms with Crippen LogP contribution in [-0.4, -0.2) is 43.8 Å². The first kappa shape index (κ1) is 14.4. The number of hydrogen-bond acceptors (Lipinski definition) is 5. The lowest BCUT2D eigenvalue weighted by Crippen LogP contribution is -2.39. The van der Waals surface area contributed by atoms with Gasteiger partial charge in [0.15, 0.2) is 5.82 Å². The minimum Gasteiger partial charge on any atom is -0.342 e. The molecule has 2 aromatic heterocycles. The lowest BCUT2D eigenvalue weighted by atomic mass is 9.96. The SMILES string of the molecule is Cc1noc(C2CCN(C(=O)C3CC3c3cnn(C)c3)CC2)n1. The summed E-state index contributed by atoms with van der Waals surface area (Å²) < 4.78 is 7.06. The molecule has 1 aliphatic carbocycles. The van der Waals surface area contributed by atoms with Gasteiger partial charge in [0.1, 0.15) is 0 Å². The summed E-state index contributed by atoms with van der Waals surface area (Å²) in [5.41, 5.74) is 1.18. The van der Waals surface area contributed by atoms with E-state index >= 15 is 0 Å². The van der Waals surface area contributed by atoms with Crippen LogP contribution in [0.5, 0.6) is 0 Å². The highest BCUT2D eigenvalue weighted by Gasteiger charge is 2.46. The zero-order valence-electron chi connectivity index (χ0n) is 13.5. The highest BCUT2D eigenvalue weighted by Crippen LogP contribution is 2.48. The highest BCUT2D eigenvalue weighted by atomic mass is 16.5. The Kier molecular flexibility index (Phi) is 3.43. The molecule has 122 valence electrons. The van der Waals surface area contributed by atoms with Crippen LogP contribution < -0.4 is 0 Å². The molecule has 1 amide bonds. The molecular formula is C16H21N5O2. The number of carbonyl (C=O) groups is 1. The molecule has 2 atom stereocenters. The van der Waals surface area contributed by atoms with E-state index in [4.69, 9.17) is 4.52 Å². The molecule has 23 heavy (non-hydrogen) atoms. The van der Waals surface area contributed by atoms with Gasteiger partial charge in [-0.3, -0.25) is 9.48 Å². The standard InChI is InChI=1S/C16H21N5O2/c1-10-18-15(23-19-10)11-3-5-21(6-4-11)16(22)14-7-13(14)12-8-17-20(2)9-12/h8-9,11,13-14H,3-7H2,1-2H3. The maximum absolute atomic E-state index is 12.6. The maximum Gasteiger partial charge on any atom is 0.229 e. The van der Waals surface area contributed by atoms with Crippen LogP contribution in [-0.2, 0) is 11.8 Å². The molecule has 7 nitrogen and oxygen atoms in total. The molecule has 7 heteroatoms. The van der Waals surface area contributed by atoms with Gasteiger partial charge in [-0.15, -0.1) is 0 Å². The first-order chi connectivity index (χ1) is 11.1. The predicted molar refractivity (Wildman–Crippen MR) is 81.6 cm³/mol. The Balaban J connectivity index is 1.33. The summed E-state index contributed by atoms with van der Waals surface area (Å²) in [6.07, 6.45) is 6.65. The van der Waals surface area contributed by atoms with Crippen molar-refractivity contribution >= 4 is 5.91 Å². The van der Waals surface area contributed by atoms with E-state index in [1.54, 1.807) is 4.68 Å². The normalized spacial score (nSPS) is 24.9. The van der Waals surface area contributed by atoms with Gasteiger partial charge in [0, 0.05) is 38.2 Å². The van der Waals surface area contributed by atoms with Crippen LogP contribution in [0.15, 0.2) is 16.9 Å². The number of rotatable bonds is 3. The molecule has 1 saturated carbocycles. The second kappa shape index (κ2) is 5.47. The Morgan fingerprint density at radius 2 is 2.13 bits per heavy atom. The van der Waals surface area contributed by atoms with Crippen LogP contribution >= 0.6 is 0 Å². The summed E-state index contributed by atoms with van der Waals surface area (Å²) in [6, 6.07) is 0. The first-order valence-corrected chi connectivity index (χ1v) is 8.19. The van der Waals surface area contributed by atoms with Gasteiger partial charge in [-0.1, -0.05) is 5.16 Å². The number of hydrogen-bond donors (Lipinski definition) is 0. The van der Waals surface area contributed by atoms with Crippen molar-refractivity contribution in [1.29, 1.82) is 0 Å². The lowest BCUT2D eigenvalue weighted by Gasteiger charge is -2.30. The van der Waals surface area contributed by atoms with Crippen molar-refractivity contribution in [3.05, 3.63) is 29.7 Å². The smallest absolute Gasteiger partial charge is 0.229 e. The van der Waals surface area contributed by atoms with E-state index in [1.807, 2.05) is 31.3 Å². The predicted octanol–water partition coefficient (Wildman–Crippen LogP) is 1.62. The van der Waals surface area contributed by atoms with Gasteiger partial charge in [0.2, 0.25) is 11.8 Å². The molecule has 0 aromatic carbocycles. The van der Waals surface area contributed by atoms with Crippen molar-refractivity contribution in [3.8, 4) is 0 Å². The first-order valence-electron chi connectivity index (χ1n) is 8.19. The fourth-order valence-corrected chi connectivity index (χ4v) is 3.53. The quantitative estimate of drug-likeness (QED) is 0.860. The molecule has 1 saturated heterocycles. The Morgan fingerprint density at radius 1 is 1.35 bits per heavy atom. The second-order valence-electron chi connectivity index (χ2n) is 6.68. The molecule has 3 heterocycles. The number of nitrogens with zero attached hydrogens (tertiary/aromatic N) is 5. The van der Waals surface area contributed by atoms with Crippen LogP contribution in [0.4, 0.5) is 0 Å². The minimum absolute atomic E-state index is 0.140. The van der Waals surface area contributed by atoms with Crippen LogP contribution in [0.25, 0.3) is 0 Å². The minimum atomic E-state index is 0.140. The van der Waals surface area contributed by atoms with Crippen molar-refractivity contribution in [2.24, 2.45) is 13.0 Å². The summed E-state index contributed by atoms with van der Waals surface area (Å²) in [7, 11) is 1.91. The van der Waals surface area contributed by atoms with Crippen molar-refractivity contribution < 1.29 is 9.32 Å². The van der Waals surface area contributed by atoms with E-state index in [0.29, 0.717) is 23.5 Å². The van der Waals surface area contributed by atoms with Crippen LogP contribution in [0.2, 0.25) is 0 Å². The average molecular weight is 315 g/mol. The van der Waals surface area contributed by atoms with E-state index in [2.05, 4.69) is 15.2 Å². The molecular weight excluding hydrogens is 294 g/mol. The van der Waals surface area contributed by atoms with Crippen molar-refractivity contribution in [2.75, 3.05) is 13.1 Å². The fourth-order valence-electron chi connectivity index (χ4n) is 3.53. The summed E-state index contributed by atoms with van der Waals surface area (Å²) >= 11 is 0. The lowest BCUT2D eigenvalue weighted by molar-refractivity contribution is -0.133. The molecule has 0 N–H and O–H groups in total. The molecule has 0 spiro atoms. The van der Waals surface area contributed by atoms with E-state index in [9.17, 15) is 4.79 Å². The third-order valence-electron chi connectivity index (χ3n) is 4.96. The Hall–Kier alpha value is -2.18. The molecule has 2 fully saturated rings. The monoisotopic (exact) mass is 315 g/mol. The van der Waals surface area contributed by atoms with E-state index in [1.165, 1.54) is 5.56 Å². The number of aryl methyl sites for hydroxylation is 2. The van der Waals surface area contributed by atoms with Crippen LogP contribution in [0, 0.1) is 12.8 Å². The molecule has 1 aliphatic heterocycles. The Morgan fingerprint density at radius 3 is 2.74 bits per heavy atom. The third-order valence-corrected chi connectivity index (χ3v) is 4.96. The molecule has 4 rings (SSSR count). The van der Waals surface area contributed by atoms with Crippen LogP contribution in [0.3, 0.4) is 0 Å². The number of carbonyl (C=O) groups excluding carboxylic acids is 1. The largest absolute Gasteiger partial charge is 0.342 e. The molecule has 2 aliphatic rings. The number of piperidine rings is 1. The van der Waals surface area contributed by atoms with E-state index < -0.39 is 0 Å². The molecule has 0 radical (unpaired) electrons. The second-order valence-corrected chi connectivity index (χ2v) is 6.68. The van der Waals surface area contributed by atoms with Crippen LogP contribution in [0.1, 0.15) is 48.4 Å². The zero-order valence-corrected chi connectivity index (χ0v) is 13.5. The van der Waals surface area contributed by atoms with Gasteiger partial charge in [-0.2, -0.15) is 10.1 Å². The topological polar surface area (TPSA) is 77.0 Å². The van der Waals surface area contributed by atoms with Crippen molar-refractivity contribution in [2.45, 2.75) is 38.0 Å². The molecule has 2 aromatic rings. The fraction of sp³-hybridized carbons (Fsp3) is 0.625. The van der Waals surface area contributed by atoms with Gasteiger partial charge >= 0.3 is 0 Å². The van der Waals surface area contributed by atoms with E-state index in [-0.39, 0.29) is 11.8 Å². The van der Waals surface area contributed by atoms with Gasteiger partial charge in [0.25, 0.3) is 0 Å². The number of amides is 1. The summed E-state index contributed by atoms with van der Waals surface area (Å²) in [4.78, 5) is 19.0. The molecule has 2 unspecified atom stereocenters. The van der Waals surface area contributed by atoms with Gasteiger partial charge in [-0.25, -0.2) is 0 Å². The van der Waals surface area contributed by atoms with Gasteiger partial charge < -0.3 is 9.42 Å². The average Bonchev–Trinajstić information content (AvgIpc) is 3.05. The van der Waals surface area contributed by atoms with Crippen molar-refractivity contribution in [3.63, 3.8) is 0 Å². The summed E-state index contributed by atoms with van der Waals surface area (Å²) in [5, 5.41) is 8.05. The number of aromatic nitrogens is 4. The summed E-state index contributed by atoms with van der Waals surface area (Å²) in [6.45, 7) is 3.39. The van der Waals surface area contributed by atoms with Gasteiger partial charge in [0.05, 0.1) is 6.20 Å². The number of likely N-dealkylation sites (tertiary alicyclic amines) is 1. The van der Waals surface area contributed by atoms with Gasteiger partial charge in [-0.05, 0) is 37.7 Å². The molecule has 0 bridgehead atoms. The van der Waals surface area contributed by atoms with E-state index in [0.717, 1.165) is 32.4 Å². The zero-order chi connectivity index (χ0) is 16.0. The van der Waals surface area contributed by atoms with Crippen molar-refractivity contribution in [1.82, 2.24) is 24.8 Å². The Labute approximate surface area is 134 Å². The maximum atomic E-state index is 12.6. The third kappa shape index (κ3) is 2.75. The summed E-state index contributed by atoms with van der Waals surface area (Å²) in [5.74, 6) is 2.46. The highest BCUT2D eigenvalue weighted by molar-refractivity contribution is 5.83. The Bertz CT molecular complexity index is 714.